The lowest BCUT2D eigenvalue weighted by Gasteiger charge is -2.12. The van der Waals surface area contributed by atoms with Crippen LogP contribution in [0.4, 0.5) is 5.69 Å². The first-order valence-corrected chi connectivity index (χ1v) is 7.93. The highest BCUT2D eigenvalue weighted by Crippen LogP contribution is 2.16. The molecule has 0 aliphatic carbocycles. The molecule has 1 atom stereocenters. The van der Waals surface area contributed by atoms with Crippen molar-refractivity contribution in [3.8, 4) is 0 Å². The van der Waals surface area contributed by atoms with E-state index >= 15 is 0 Å². The first-order chi connectivity index (χ1) is 9.40. The van der Waals surface area contributed by atoms with Crippen molar-refractivity contribution >= 4 is 21.6 Å². The number of rotatable bonds is 7. The van der Waals surface area contributed by atoms with Crippen LogP contribution in [0.5, 0.6) is 0 Å². The van der Waals surface area contributed by atoms with Gasteiger partial charge in [0.05, 0.1) is 4.90 Å². The second-order valence-electron chi connectivity index (χ2n) is 4.56. The van der Waals surface area contributed by atoms with Gasteiger partial charge in [0.25, 0.3) is 0 Å². The van der Waals surface area contributed by atoms with E-state index in [1.54, 1.807) is 12.1 Å². The Morgan fingerprint density at radius 3 is 2.70 bits per heavy atom. The van der Waals surface area contributed by atoms with E-state index in [4.69, 9.17) is 5.73 Å². The van der Waals surface area contributed by atoms with E-state index in [-0.39, 0.29) is 16.7 Å². The van der Waals surface area contributed by atoms with Gasteiger partial charge in [-0.2, -0.15) is 0 Å². The van der Waals surface area contributed by atoms with Gasteiger partial charge in [0, 0.05) is 11.6 Å². The summed E-state index contributed by atoms with van der Waals surface area (Å²) < 4.78 is 25.6. The average molecular weight is 299 g/mol. The zero-order chi connectivity index (χ0) is 15.2. The Hall–Kier alpha value is -1.44. The zero-order valence-corrected chi connectivity index (χ0v) is 12.5. The number of sulfonamides is 1. The van der Waals surface area contributed by atoms with Gasteiger partial charge in [-0.05, 0) is 44.6 Å². The van der Waals surface area contributed by atoms with Gasteiger partial charge in [-0.15, -0.1) is 0 Å². The minimum atomic E-state index is -3.51. The lowest BCUT2D eigenvalue weighted by molar-refractivity contribution is -0.119. The van der Waals surface area contributed by atoms with Crippen LogP contribution in [0, 0.1) is 5.92 Å². The highest BCUT2D eigenvalue weighted by Gasteiger charge is 2.15. The molecule has 0 aliphatic rings. The molecule has 0 bridgehead atoms. The van der Waals surface area contributed by atoms with Crippen molar-refractivity contribution in [1.82, 2.24) is 4.72 Å². The number of carbonyl (C=O) groups excluding carboxylic acids is 1. The van der Waals surface area contributed by atoms with E-state index in [2.05, 4.69) is 10.0 Å². The Bertz CT molecular complexity index is 558. The summed E-state index contributed by atoms with van der Waals surface area (Å²) in [7, 11) is -2.17. The maximum Gasteiger partial charge on any atom is 0.240 e. The third-order valence-corrected chi connectivity index (χ3v) is 4.38. The molecule has 112 valence electrons. The molecular weight excluding hydrogens is 278 g/mol. The van der Waals surface area contributed by atoms with E-state index in [1.165, 1.54) is 19.2 Å². The van der Waals surface area contributed by atoms with Crippen molar-refractivity contribution in [2.75, 3.05) is 18.9 Å². The third kappa shape index (κ3) is 4.59. The Labute approximate surface area is 119 Å². The minimum Gasteiger partial charge on any atom is -0.330 e. The summed E-state index contributed by atoms with van der Waals surface area (Å²) in [4.78, 5) is 12.0. The van der Waals surface area contributed by atoms with Crippen molar-refractivity contribution in [2.24, 2.45) is 11.7 Å². The average Bonchev–Trinajstić information content (AvgIpc) is 2.44. The lowest BCUT2D eigenvalue weighted by atomic mass is 10.0. The van der Waals surface area contributed by atoms with Gasteiger partial charge < -0.3 is 11.1 Å². The van der Waals surface area contributed by atoms with Crippen LogP contribution < -0.4 is 15.8 Å². The molecule has 1 rings (SSSR count). The molecule has 6 nitrogen and oxygen atoms in total. The summed E-state index contributed by atoms with van der Waals surface area (Å²) in [5.41, 5.74) is 5.87. The maximum atomic E-state index is 11.9. The zero-order valence-electron chi connectivity index (χ0n) is 11.7. The topological polar surface area (TPSA) is 101 Å². The SMILES string of the molecule is CNS(=O)(=O)c1cccc(NC(=O)C(C)CCCN)c1. The van der Waals surface area contributed by atoms with Gasteiger partial charge in [0.1, 0.15) is 0 Å². The number of benzene rings is 1. The van der Waals surface area contributed by atoms with E-state index in [0.717, 1.165) is 6.42 Å². The fraction of sp³-hybridized carbons (Fsp3) is 0.462. The largest absolute Gasteiger partial charge is 0.330 e. The van der Waals surface area contributed by atoms with E-state index < -0.39 is 10.0 Å². The van der Waals surface area contributed by atoms with E-state index in [1.807, 2.05) is 6.92 Å². The molecular formula is C13H21N3O3S. The first-order valence-electron chi connectivity index (χ1n) is 6.45. The van der Waals surface area contributed by atoms with Crippen molar-refractivity contribution in [3.63, 3.8) is 0 Å². The highest BCUT2D eigenvalue weighted by atomic mass is 32.2. The Kier molecular flexibility index (Phi) is 6.12. The molecule has 0 radical (unpaired) electrons. The van der Waals surface area contributed by atoms with Crippen molar-refractivity contribution in [1.29, 1.82) is 0 Å². The van der Waals surface area contributed by atoms with E-state index in [0.29, 0.717) is 18.7 Å². The van der Waals surface area contributed by atoms with E-state index in [9.17, 15) is 13.2 Å². The van der Waals surface area contributed by atoms with Crippen LogP contribution in [0.15, 0.2) is 29.2 Å². The summed E-state index contributed by atoms with van der Waals surface area (Å²) in [6.07, 6.45) is 1.49. The summed E-state index contributed by atoms with van der Waals surface area (Å²) in [5, 5.41) is 2.72. The molecule has 4 N–H and O–H groups in total. The molecule has 1 amide bonds. The lowest BCUT2D eigenvalue weighted by Crippen LogP contribution is -2.22. The number of amides is 1. The molecule has 0 saturated heterocycles. The Morgan fingerprint density at radius 1 is 1.40 bits per heavy atom. The molecule has 0 saturated carbocycles. The number of hydrogen-bond acceptors (Lipinski definition) is 4. The monoisotopic (exact) mass is 299 g/mol. The van der Waals surface area contributed by atoms with Gasteiger partial charge in [0.2, 0.25) is 15.9 Å². The summed E-state index contributed by atoms with van der Waals surface area (Å²) in [6.45, 7) is 2.37. The van der Waals surface area contributed by atoms with Crippen molar-refractivity contribution < 1.29 is 13.2 Å². The van der Waals surface area contributed by atoms with Crippen molar-refractivity contribution in [3.05, 3.63) is 24.3 Å². The van der Waals surface area contributed by atoms with Crippen LogP contribution in [0.1, 0.15) is 19.8 Å². The molecule has 1 unspecified atom stereocenters. The van der Waals surface area contributed by atoms with Crippen LogP contribution in [0.2, 0.25) is 0 Å². The van der Waals surface area contributed by atoms with Crippen LogP contribution in [0.3, 0.4) is 0 Å². The number of carbonyl (C=O) groups is 1. The quantitative estimate of drug-likeness (QED) is 0.696. The first kappa shape index (κ1) is 16.6. The van der Waals surface area contributed by atoms with Gasteiger partial charge >= 0.3 is 0 Å². The molecule has 0 heterocycles. The second kappa shape index (κ2) is 7.37. The molecule has 0 spiro atoms. The van der Waals surface area contributed by atoms with Gasteiger partial charge in [-0.3, -0.25) is 4.79 Å². The number of nitrogens with two attached hydrogens (primary N) is 1. The summed E-state index contributed by atoms with van der Waals surface area (Å²) in [5.74, 6) is -0.305. The molecule has 0 fully saturated rings. The normalized spacial score (nSPS) is 12.9. The Morgan fingerprint density at radius 2 is 2.10 bits per heavy atom. The molecule has 0 aromatic heterocycles. The van der Waals surface area contributed by atoms with Crippen LogP contribution in [-0.4, -0.2) is 27.9 Å². The molecule has 0 aliphatic heterocycles. The third-order valence-electron chi connectivity index (χ3n) is 2.97. The Balaban J connectivity index is 2.79. The predicted molar refractivity (Wildman–Crippen MR) is 78.8 cm³/mol. The van der Waals surface area contributed by atoms with Gasteiger partial charge in [0.15, 0.2) is 0 Å². The summed E-state index contributed by atoms with van der Waals surface area (Å²) in [6, 6.07) is 6.14. The maximum absolute atomic E-state index is 11.9. The smallest absolute Gasteiger partial charge is 0.240 e. The van der Waals surface area contributed by atoms with Crippen LogP contribution >= 0.6 is 0 Å². The van der Waals surface area contributed by atoms with Crippen molar-refractivity contribution in [2.45, 2.75) is 24.7 Å². The van der Waals surface area contributed by atoms with Crippen LogP contribution in [-0.2, 0) is 14.8 Å². The predicted octanol–water partition coefficient (Wildman–Crippen LogP) is 0.908. The molecule has 20 heavy (non-hydrogen) atoms. The number of anilines is 1. The molecule has 1 aromatic carbocycles. The highest BCUT2D eigenvalue weighted by molar-refractivity contribution is 7.89. The van der Waals surface area contributed by atoms with Gasteiger partial charge in [-0.1, -0.05) is 13.0 Å². The number of nitrogens with one attached hydrogen (secondary N) is 2. The number of hydrogen-bond donors (Lipinski definition) is 3. The van der Waals surface area contributed by atoms with Gasteiger partial charge in [-0.25, -0.2) is 13.1 Å². The fourth-order valence-electron chi connectivity index (χ4n) is 1.68. The summed E-state index contributed by atoms with van der Waals surface area (Å²) >= 11 is 0. The molecule has 7 heteroatoms. The van der Waals surface area contributed by atoms with Crippen LogP contribution in [0.25, 0.3) is 0 Å². The second-order valence-corrected chi connectivity index (χ2v) is 6.44. The standard InChI is InChI=1S/C13H21N3O3S/c1-10(5-4-8-14)13(17)16-11-6-3-7-12(9-11)20(18,19)15-2/h3,6-7,9-10,15H,4-5,8,14H2,1-2H3,(H,16,17). The minimum absolute atomic E-state index is 0.118. The molecule has 1 aromatic rings. The fourth-order valence-corrected chi connectivity index (χ4v) is 2.45.